The molecule has 0 saturated carbocycles. The summed E-state index contributed by atoms with van der Waals surface area (Å²) in [6.07, 6.45) is 4.10. The van der Waals surface area contributed by atoms with Crippen LogP contribution in [0.25, 0.3) is 5.76 Å². The van der Waals surface area contributed by atoms with Crippen LogP contribution in [-0.4, -0.2) is 28.4 Å². The van der Waals surface area contributed by atoms with Gasteiger partial charge < -0.3 is 9.84 Å². The van der Waals surface area contributed by atoms with Crippen LogP contribution >= 0.6 is 15.9 Å². The second kappa shape index (κ2) is 9.58. The molecule has 1 unspecified atom stereocenters. The summed E-state index contributed by atoms with van der Waals surface area (Å²) in [6, 6.07) is 15.1. The number of pyridine rings is 1. The number of anilines is 1. The molecule has 0 radical (unpaired) electrons. The van der Waals surface area contributed by atoms with Crippen molar-refractivity contribution in [2.45, 2.75) is 26.3 Å². The van der Waals surface area contributed by atoms with Gasteiger partial charge in [0.1, 0.15) is 11.5 Å². The highest BCUT2D eigenvalue weighted by molar-refractivity contribution is 9.10. The zero-order valence-corrected chi connectivity index (χ0v) is 19.9. The van der Waals surface area contributed by atoms with Crippen LogP contribution in [0.1, 0.15) is 36.1 Å². The molecular weight excluding hydrogens is 484 g/mol. The molecule has 1 fully saturated rings. The first-order valence-electron chi connectivity index (χ1n) is 10.6. The lowest BCUT2D eigenvalue weighted by atomic mass is 9.95. The lowest BCUT2D eigenvalue weighted by Gasteiger charge is -2.25. The van der Waals surface area contributed by atoms with Gasteiger partial charge in [-0.05, 0) is 66.9 Å². The Morgan fingerprint density at radius 2 is 1.97 bits per heavy atom. The maximum atomic E-state index is 13.2. The van der Waals surface area contributed by atoms with Crippen LogP contribution < -0.4 is 9.64 Å². The zero-order valence-electron chi connectivity index (χ0n) is 18.3. The van der Waals surface area contributed by atoms with Gasteiger partial charge in [0, 0.05) is 28.1 Å². The maximum Gasteiger partial charge on any atom is 0.300 e. The molecule has 2 heterocycles. The predicted molar refractivity (Wildman–Crippen MR) is 130 cm³/mol. The lowest BCUT2D eigenvalue weighted by Crippen LogP contribution is -2.29. The minimum Gasteiger partial charge on any atom is -0.507 e. The van der Waals surface area contributed by atoms with Crippen molar-refractivity contribution in [2.24, 2.45) is 0 Å². The third-order valence-electron chi connectivity index (χ3n) is 5.44. The molecule has 0 bridgehead atoms. The highest BCUT2D eigenvalue weighted by atomic mass is 79.9. The summed E-state index contributed by atoms with van der Waals surface area (Å²) in [5.41, 5.74) is 2.45. The highest BCUT2D eigenvalue weighted by Gasteiger charge is 2.47. The molecule has 4 rings (SSSR count). The first-order valence-corrected chi connectivity index (χ1v) is 11.4. The molecule has 3 aromatic rings. The number of aromatic nitrogens is 1. The van der Waals surface area contributed by atoms with E-state index in [1.807, 2.05) is 19.9 Å². The molecule has 7 heteroatoms. The molecule has 2 aromatic carbocycles. The SMILES string of the molecule is CCCOc1ccc(/C(O)=C2\C(=O)C(=O)N(c3cccc(Br)c3)C2c2cccnc2)cc1C. The number of Topliss-reactive ketones (excluding diaryl/α,β-unsaturated/α-hetero) is 1. The Morgan fingerprint density at radius 1 is 1.15 bits per heavy atom. The van der Waals surface area contributed by atoms with Crippen molar-refractivity contribution in [3.05, 3.63) is 93.7 Å². The van der Waals surface area contributed by atoms with E-state index in [9.17, 15) is 14.7 Å². The summed E-state index contributed by atoms with van der Waals surface area (Å²) < 4.78 is 6.49. The average molecular weight is 507 g/mol. The number of nitrogens with zero attached hydrogens (tertiary/aromatic N) is 2. The monoisotopic (exact) mass is 506 g/mol. The van der Waals surface area contributed by atoms with Gasteiger partial charge in [0.15, 0.2) is 0 Å². The van der Waals surface area contributed by atoms with Crippen LogP contribution in [0.3, 0.4) is 0 Å². The lowest BCUT2D eigenvalue weighted by molar-refractivity contribution is -0.132. The molecule has 6 nitrogen and oxygen atoms in total. The van der Waals surface area contributed by atoms with E-state index in [1.165, 1.54) is 4.90 Å². The minimum absolute atomic E-state index is 0.0228. The van der Waals surface area contributed by atoms with Crippen LogP contribution in [0, 0.1) is 6.92 Å². The summed E-state index contributed by atoms with van der Waals surface area (Å²) in [7, 11) is 0. The van der Waals surface area contributed by atoms with Gasteiger partial charge in [0.2, 0.25) is 0 Å². The molecular formula is C26H23BrN2O4. The Kier molecular flexibility index (Phi) is 6.60. The number of hydrogen-bond acceptors (Lipinski definition) is 5. The average Bonchev–Trinajstić information content (AvgIpc) is 3.09. The van der Waals surface area contributed by atoms with Crippen molar-refractivity contribution in [1.82, 2.24) is 4.98 Å². The Hall–Kier alpha value is -3.45. The van der Waals surface area contributed by atoms with E-state index in [0.717, 1.165) is 16.5 Å². The highest BCUT2D eigenvalue weighted by Crippen LogP contribution is 2.42. The second-order valence-corrected chi connectivity index (χ2v) is 8.68. The zero-order chi connectivity index (χ0) is 23.5. The molecule has 1 aliphatic heterocycles. The van der Waals surface area contributed by atoms with Crippen LogP contribution in [-0.2, 0) is 9.59 Å². The van der Waals surface area contributed by atoms with Crippen LogP contribution in [0.5, 0.6) is 5.75 Å². The number of rotatable bonds is 6. The van der Waals surface area contributed by atoms with Gasteiger partial charge in [-0.1, -0.05) is 35.0 Å². The van der Waals surface area contributed by atoms with E-state index in [4.69, 9.17) is 4.74 Å². The van der Waals surface area contributed by atoms with E-state index < -0.39 is 17.7 Å². The number of aryl methyl sites for hydroxylation is 1. The molecule has 1 aromatic heterocycles. The van der Waals surface area contributed by atoms with Crippen molar-refractivity contribution in [2.75, 3.05) is 11.5 Å². The molecule has 0 spiro atoms. The number of ether oxygens (including phenoxy) is 1. The van der Waals surface area contributed by atoms with E-state index in [-0.39, 0.29) is 11.3 Å². The molecule has 1 atom stereocenters. The second-order valence-electron chi connectivity index (χ2n) is 7.76. The number of carbonyl (C=O) groups excluding carboxylic acids is 2. The van der Waals surface area contributed by atoms with Crippen molar-refractivity contribution in [1.29, 1.82) is 0 Å². The van der Waals surface area contributed by atoms with Gasteiger partial charge in [-0.25, -0.2) is 0 Å². The Morgan fingerprint density at radius 3 is 2.64 bits per heavy atom. The summed E-state index contributed by atoms with van der Waals surface area (Å²) in [5, 5.41) is 11.3. The summed E-state index contributed by atoms with van der Waals surface area (Å²) in [6.45, 7) is 4.49. The van der Waals surface area contributed by atoms with Gasteiger partial charge in [-0.15, -0.1) is 0 Å². The van der Waals surface area contributed by atoms with Gasteiger partial charge >= 0.3 is 0 Å². The number of carbonyl (C=O) groups is 2. The Balaban J connectivity index is 1.87. The van der Waals surface area contributed by atoms with Crippen LogP contribution in [0.15, 0.2) is 77.0 Å². The summed E-state index contributed by atoms with van der Waals surface area (Å²) in [5.74, 6) is -0.968. The number of aliphatic hydroxyl groups is 1. The minimum atomic E-state index is -0.815. The number of hydrogen-bond donors (Lipinski definition) is 1. The van der Waals surface area contributed by atoms with Crippen LogP contribution in [0.4, 0.5) is 5.69 Å². The third-order valence-corrected chi connectivity index (χ3v) is 5.93. The van der Waals surface area contributed by atoms with Gasteiger partial charge in [-0.2, -0.15) is 0 Å². The fraction of sp³-hybridized carbons (Fsp3) is 0.192. The standard InChI is InChI=1S/C26H23BrN2O4/c1-3-12-33-21-10-9-17(13-16(21)2)24(30)22-23(18-6-5-11-28-15-18)29(26(32)25(22)31)20-8-4-7-19(27)14-20/h4-11,13-15,23,30H,3,12H2,1-2H3/b24-22+. The number of amides is 1. The fourth-order valence-corrected chi connectivity index (χ4v) is 4.29. The fourth-order valence-electron chi connectivity index (χ4n) is 3.90. The number of ketones is 1. The maximum absolute atomic E-state index is 13.2. The topological polar surface area (TPSA) is 79.7 Å². The van der Waals surface area contributed by atoms with Gasteiger partial charge in [-0.3, -0.25) is 19.5 Å². The van der Waals surface area contributed by atoms with Crippen molar-refractivity contribution >= 4 is 39.1 Å². The van der Waals surface area contributed by atoms with Crippen molar-refractivity contribution in [3.63, 3.8) is 0 Å². The Bertz CT molecular complexity index is 1240. The number of benzene rings is 2. The van der Waals surface area contributed by atoms with Crippen LogP contribution in [0.2, 0.25) is 0 Å². The number of halogens is 1. The molecule has 0 aliphatic carbocycles. The van der Waals surface area contributed by atoms with E-state index >= 15 is 0 Å². The molecule has 33 heavy (non-hydrogen) atoms. The first kappa shape index (κ1) is 22.7. The molecule has 168 valence electrons. The van der Waals surface area contributed by atoms with Crippen molar-refractivity contribution < 1.29 is 19.4 Å². The molecule has 1 amide bonds. The number of aliphatic hydroxyl groups excluding tert-OH is 1. The van der Waals surface area contributed by atoms with Crippen molar-refractivity contribution in [3.8, 4) is 5.75 Å². The first-order chi connectivity index (χ1) is 15.9. The molecule has 1 saturated heterocycles. The normalized spacial score (nSPS) is 17.4. The predicted octanol–water partition coefficient (Wildman–Crippen LogP) is 5.57. The Labute approximate surface area is 200 Å². The summed E-state index contributed by atoms with van der Waals surface area (Å²) in [4.78, 5) is 31.9. The van der Waals surface area contributed by atoms with Gasteiger partial charge in [0.05, 0.1) is 18.2 Å². The summed E-state index contributed by atoms with van der Waals surface area (Å²) >= 11 is 3.43. The quantitative estimate of drug-likeness (QED) is 0.268. The molecule has 1 aliphatic rings. The van der Waals surface area contributed by atoms with E-state index in [0.29, 0.717) is 29.2 Å². The third kappa shape index (κ3) is 4.41. The van der Waals surface area contributed by atoms with E-state index in [1.54, 1.807) is 60.9 Å². The molecule has 1 N–H and O–H groups in total. The largest absolute Gasteiger partial charge is 0.507 e. The van der Waals surface area contributed by atoms with Gasteiger partial charge in [0.25, 0.3) is 11.7 Å². The van der Waals surface area contributed by atoms with E-state index in [2.05, 4.69) is 20.9 Å². The smallest absolute Gasteiger partial charge is 0.300 e.